The highest BCUT2D eigenvalue weighted by atomic mass is 15.3. The number of benzene rings is 2. The number of pyridine rings is 1. The van der Waals surface area contributed by atoms with Gasteiger partial charge in [-0.1, -0.05) is 48.5 Å². The summed E-state index contributed by atoms with van der Waals surface area (Å²) in [6, 6.07) is 21.3. The molecule has 0 saturated heterocycles. The quantitative estimate of drug-likeness (QED) is 0.787. The topological polar surface area (TPSA) is 28.2 Å². The number of hydrogen-bond donors (Lipinski definition) is 1. The summed E-state index contributed by atoms with van der Waals surface area (Å²) in [5.41, 5.74) is 4.72. The second-order valence-corrected chi connectivity index (χ2v) is 5.85. The lowest BCUT2D eigenvalue weighted by Crippen LogP contribution is -2.24. The fourth-order valence-electron chi connectivity index (χ4n) is 3.11. The largest absolute Gasteiger partial charge is 0.366 e. The Balaban J connectivity index is 1.68. The van der Waals surface area contributed by atoms with Gasteiger partial charge < -0.3 is 10.2 Å². The average molecular weight is 301 g/mol. The molecule has 4 rings (SSSR count). The molecule has 3 aromatic rings. The average Bonchev–Trinajstić information content (AvgIpc) is 3.11. The van der Waals surface area contributed by atoms with E-state index in [9.17, 15) is 0 Å². The highest BCUT2D eigenvalue weighted by Gasteiger charge is 2.20. The van der Waals surface area contributed by atoms with Crippen LogP contribution in [-0.2, 0) is 0 Å². The number of rotatable bonds is 3. The van der Waals surface area contributed by atoms with Crippen LogP contribution in [0, 0.1) is 0 Å². The van der Waals surface area contributed by atoms with Gasteiger partial charge in [-0.2, -0.15) is 0 Å². The molecule has 1 aromatic heterocycles. The molecule has 1 aliphatic heterocycles. The van der Waals surface area contributed by atoms with Crippen molar-refractivity contribution in [3.8, 4) is 0 Å². The zero-order chi connectivity index (χ0) is 15.6. The minimum atomic E-state index is 0.342. The third-order valence-corrected chi connectivity index (χ3v) is 4.46. The Labute approximate surface area is 136 Å². The van der Waals surface area contributed by atoms with Gasteiger partial charge in [0.2, 0.25) is 0 Å². The summed E-state index contributed by atoms with van der Waals surface area (Å²) in [6.45, 7) is 3.06. The minimum Gasteiger partial charge on any atom is -0.366 e. The summed E-state index contributed by atoms with van der Waals surface area (Å²) >= 11 is 0. The second-order valence-electron chi connectivity index (χ2n) is 5.85. The van der Waals surface area contributed by atoms with Crippen LogP contribution in [0.25, 0.3) is 16.6 Å². The first-order valence-electron chi connectivity index (χ1n) is 7.93. The monoisotopic (exact) mass is 301 g/mol. The van der Waals surface area contributed by atoms with E-state index in [-0.39, 0.29) is 0 Å². The van der Waals surface area contributed by atoms with Gasteiger partial charge in [-0.05, 0) is 24.6 Å². The van der Waals surface area contributed by atoms with E-state index in [1.165, 1.54) is 16.5 Å². The normalized spacial score (nSPS) is 15.3. The third kappa shape index (κ3) is 2.55. The van der Waals surface area contributed by atoms with Crippen molar-refractivity contribution in [3.63, 3.8) is 0 Å². The van der Waals surface area contributed by atoms with Crippen LogP contribution in [0.5, 0.6) is 0 Å². The first kappa shape index (κ1) is 13.8. The van der Waals surface area contributed by atoms with Crippen molar-refractivity contribution in [2.75, 3.05) is 6.67 Å². The Morgan fingerprint density at radius 2 is 1.87 bits per heavy atom. The molecule has 23 heavy (non-hydrogen) atoms. The lowest BCUT2D eigenvalue weighted by atomic mass is 10.1. The number of nitrogens with zero attached hydrogens (tertiary/aromatic N) is 2. The third-order valence-electron chi connectivity index (χ3n) is 4.46. The SMILES string of the molecule is C[C@H](c1ccccc1)N1C=C(c2cccc3ncccc23)NC1. The molecule has 2 aromatic carbocycles. The highest BCUT2D eigenvalue weighted by molar-refractivity contribution is 5.91. The molecule has 0 bridgehead atoms. The van der Waals surface area contributed by atoms with Crippen molar-refractivity contribution in [3.05, 3.63) is 84.2 Å². The second kappa shape index (κ2) is 5.76. The predicted molar refractivity (Wildman–Crippen MR) is 94.4 cm³/mol. The molecule has 1 N–H and O–H groups in total. The number of fused-ring (bicyclic) bond motifs is 1. The van der Waals surface area contributed by atoms with Crippen molar-refractivity contribution in [2.45, 2.75) is 13.0 Å². The molecule has 0 spiro atoms. The Hall–Kier alpha value is -2.81. The van der Waals surface area contributed by atoms with Crippen molar-refractivity contribution in [1.29, 1.82) is 0 Å². The van der Waals surface area contributed by atoms with Crippen LogP contribution in [0.15, 0.2) is 73.1 Å². The molecule has 0 radical (unpaired) electrons. The van der Waals surface area contributed by atoms with E-state index < -0.39 is 0 Å². The molecule has 0 fully saturated rings. The number of nitrogens with one attached hydrogen (secondary N) is 1. The number of aromatic nitrogens is 1. The van der Waals surface area contributed by atoms with E-state index in [4.69, 9.17) is 0 Å². The van der Waals surface area contributed by atoms with Gasteiger partial charge in [0.05, 0.1) is 23.9 Å². The van der Waals surface area contributed by atoms with Gasteiger partial charge >= 0.3 is 0 Å². The molecule has 114 valence electrons. The van der Waals surface area contributed by atoms with Crippen molar-refractivity contribution in [2.24, 2.45) is 0 Å². The maximum absolute atomic E-state index is 4.45. The molecular weight excluding hydrogens is 282 g/mol. The summed E-state index contributed by atoms with van der Waals surface area (Å²) < 4.78 is 0. The van der Waals surface area contributed by atoms with Gasteiger partial charge in [0.15, 0.2) is 0 Å². The van der Waals surface area contributed by atoms with Crippen LogP contribution in [0.3, 0.4) is 0 Å². The summed E-state index contributed by atoms with van der Waals surface area (Å²) in [4.78, 5) is 6.78. The van der Waals surface area contributed by atoms with Gasteiger partial charge in [-0.15, -0.1) is 0 Å². The lowest BCUT2D eigenvalue weighted by molar-refractivity contribution is 0.311. The summed E-state index contributed by atoms with van der Waals surface area (Å²) in [6.07, 6.45) is 4.06. The molecular formula is C20H19N3. The van der Waals surface area contributed by atoms with Gasteiger partial charge in [0.1, 0.15) is 0 Å². The molecule has 0 aliphatic carbocycles. The zero-order valence-corrected chi connectivity index (χ0v) is 13.1. The van der Waals surface area contributed by atoms with Crippen molar-refractivity contribution >= 4 is 16.6 Å². The Morgan fingerprint density at radius 3 is 2.74 bits per heavy atom. The first-order chi connectivity index (χ1) is 11.3. The van der Waals surface area contributed by atoms with Crippen LogP contribution >= 0.6 is 0 Å². The highest BCUT2D eigenvalue weighted by Crippen LogP contribution is 2.29. The first-order valence-corrected chi connectivity index (χ1v) is 7.93. The van der Waals surface area contributed by atoms with E-state index in [1.54, 1.807) is 0 Å². The van der Waals surface area contributed by atoms with Crippen LogP contribution in [-0.4, -0.2) is 16.6 Å². The summed E-state index contributed by atoms with van der Waals surface area (Å²) in [7, 11) is 0. The van der Waals surface area contributed by atoms with Crippen molar-refractivity contribution < 1.29 is 0 Å². The molecule has 1 aliphatic rings. The lowest BCUT2D eigenvalue weighted by Gasteiger charge is -2.23. The van der Waals surface area contributed by atoms with Crippen LogP contribution in [0.4, 0.5) is 0 Å². The van der Waals surface area contributed by atoms with E-state index >= 15 is 0 Å². The smallest absolute Gasteiger partial charge is 0.0878 e. The standard InChI is InChI=1S/C20H19N3/c1-15(16-7-3-2-4-8-16)23-13-20(22-14-23)18-9-5-11-19-17(18)10-6-12-21-19/h2-13,15,22H,14H2,1H3/t15-/m1/s1. The Bertz CT molecular complexity index is 850. The molecule has 3 heteroatoms. The van der Waals surface area contributed by atoms with Gasteiger partial charge in [-0.3, -0.25) is 4.98 Å². The molecule has 0 saturated carbocycles. The predicted octanol–water partition coefficient (Wildman–Crippen LogP) is 4.16. The molecule has 0 unspecified atom stereocenters. The maximum Gasteiger partial charge on any atom is 0.0878 e. The molecule has 2 heterocycles. The summed E-state index contributed by atoms with van der Waals surface area (Å²) in [5.74, 6) is 0. The van der Waals surface area contributed by atoms with Crippen LogP contribution in [0.1, 0.15) is 24.1 Å². The van der Waals surface area contributed by atoms with Gasteiger partial charge in [0, 0.05) is 23.3 Å². The van der Waals surface area contributed by atoms with E-state index in [2.05, 4.69) is 82.9 Å². The Morgan fingerprint density at radius 1 is 1.00 bits per heavy atom. The van der Waals surface area contributed by atoms with Gasteiger partial charge in [-0.25, -0.2) is 0 Å². The van der Waals surface area contributed by atoms with Crippen molar-refractivity contribution in [1.82, 2.24) is 15.2 Å². The van der Waals surface area contributed by atoms with Crippen LogP contribution in [0.2, 0.25) is 0 Å². The van der Waals surface area contributed by atoms with Gasteiger partial charge in [0.25, 0.3) is 0 Å². The van der Waals surface area contributed by atoms with E-state index in [1.807, 2.05) is 12.3 Å². The number of hydrogen-bond acceptors (Lipinski definition) is 3. The molecule has 1 atom stereocenters. The molecule has 0 amide bonds. The Kier molecular flexibility index (Phi) is 3.46. The molecule has 3 nitrogen and oxygen atoms in total. The zero-order valence-electron chi connectivity index (χ0n) is 13.1. The van der Waals surface area contributed by atoms with E-state index in [0.717, 1.165) is 17.9 Å². The van der Waals surface area contributed by atoms with E-state index in [0.29, 0.717) is 6.04 Å². The van der Waals surface area contributed by atoms with Crippen LogP contribution < -0.4 is 5.32 Å². The summed E-state index contributed by atoms with van der Waals surface area (Å²) in [5, 5.41) is 4.71. The maximum atomic E-state index is 4.45. The fraction of sp³-hybridized carbons (Fsp3) is 0.150. The fourth-order valence-corrected chi connectivity index (χ4v) is 3.11. The minimum absolute atomic E-state index is 0.342.